The number of aliphatic imine (C=N–C) groups is 1. The first-order valence-electron chi connectivity index (χ1n) is 8.01. The van der Waals surface area contributed by atoms with Crippen LogP contribution < -0.4 is 4.90 Å². The molecule has 1 aliphatic heterocycles. The number of H-pyrrole nitrogens is 1. The number of aromatic amines is 1. The van der Waals surface area contributed by atoms with Gasteiger partial charge in [-0.05, 0) is 24.3 Å². The summed E-state index contributed by atoms with van der Waals surface area (Å²) in [7, 11) is 0. The second kappa shape index (κ2) is 7.11. The van der Waals surface area contributed by atoms with Gasteiger partial charge in [0.05, 0.1) is 28.9 Å². The maximum atomic E-state index is 12.8. The number of hydrogen-bond acceptors (Lipinski definition) is 4. The molecule has 2 N–H and O–H groups in total. The Bertz CT molecular complexity index is 1000. The van der Waals surface area contributed by atoms with Crippen molar-refractivity contribution in [2.24, 2.45) is 4.99 Å². The number of hydrogen-bond donors (Lipinski definition) is 2. The van der Waals surface area contributed by atoms with E-state index in [0.717, 1.165) is 11.1 Å². The van der Waals surface area contributed by atoms with Crippen molar-refractivity contribution in [3.8, 4) is 0 Å². The molecule has 2 aromatic heterocycles. The van der Waals surface area contributed by atoms with Crippen LogP contribution in [0.15, 0.2) is 53.8 Å². The Kier molecular flexibility index (Phi) is 4.67. The van der Waals surface area contributed by atoms with E-state index in [9.17, 15) is 9.90 Å². The molecule has 1 unspecified atom stereocenters. The summed E-state index contributed by atoms with van der Waals surface area (Å²) in [6, 6.07) is 10.8. The van der Waals surface area contributed by atoms with E-state index in [0.29, 0.717) is 27.2 Å². The number of nitrogens with one attached hydrogen (secondary N) is 1. The maximum absolute atomic E-state index is 12.8. The molecule has 0 radical (unpaired) electrons. The second-order valence-electron chi connectivity index (χ2n) is 5.77. The number of aliphatic hydroxyl groups excluding tert-OH is 1. The molecule has 132 valence electrons. The fraction of sp³-hybridized carbons (Fsp3) is 0.167. The molecule has 6 nitrogen and oxygen atoms in total. The molecule has 1 atom stereocenters. The zero-order chi connectivity index (χ0) is 18.1. The maximum Gasteiger partial charge on any atom is 0.281 e. The van der Waals surface area contributed by atoms with Crippen molar-refractivity contribution in [1.82, 2.24) is 9.97 Å². The first-order chi connectivity index (χ1) is 12.7. The van der Waals surface area contributed by atoms with Gasteiger partial charge in [-0.15, -0.1) is 0 Å². The minimum Gasteiger partial charge on any atom is -0.394 e. The number of amides is 1. The SMILES string of the molecule is O=C(/N=C1\SCC(CO)N1c1ccccc1Cl)c1c[nH]c2ncccc12. The average Bonchev–Trinajstić information content (AvgIpc) is 3.26. The number of carbonyl (C=O) groups excluding carboxylic acids is 1. The Morgan fingerprint density at radius 3 is 3.04 bits per heavy atom. The average molecular weight is 387 g/mol. The molecule has 1 amide bonds. The first kappa shape index (κ1) is 17.1. The highest BCUT2D eigenvalue weighted by molar-refractivity contribution is 8.14. The number of aliphatic hydroxyl groups is 1. The summed E-state index contributed by atoms with van der Waals surface area (Å²) in [6.45, 7) is -0.0531. The molecule has 26 heavy (non-hydrogen) atoms. The molecule has 0 aliphatic carbocycles. The molecule has 1 fully saturated rings. The van der Waals surface area contributed by atoms with Gasteiger partial charge in [0.2, 0.25) is 0 Å². The zero-order valence-electron chi connectivity index (χ0n) is 13.6. The summed E-state index contributed by atoms with van der Waals surface area (Å²) in [5, 5.41) is 11.5. The van der Waals surface area contributed by atoms with E-state index >= 15 is 0 Å². The van der Waals surface area contributed by atoms with Crippen molar-refractivity contribution < 1.29 is 9.90 Å². The molecule has 4 rings (SSSR count). The van der Waals surface area contributed by atoms with Gasteiger partial charge >= 0.3 is 0 Å². The van der Waals surface area contributed by atoms with Crippen molar-refractivity contribution in [2.75, 3.05) is 17.3 Å². The van der Waals surface area contributed by atoms with Gasteiger partial charge in [0.25, 0.3) is 5.91 Å². The molecule has 1 aromatic carbocycles. The monoisotopic (exact) mass is 386 g/mol. The Balaban J connectivity index is 1.73. The van der Waals surface area contributed by atoms with Crippen LogP contribution in [0.5, 0.6) is 0 Å². The number of para-hydroxylation sites is 1. The number of carbonyl (C=O) groups is 1. The highest BCUT2D eigenvalue weighted by Gasteiger charge is 2.33. The summed E-state index contributed by atoms with van der Waals surface area (Å²) in [5.74, 6) is 0.269. The molecule has 3 aromatic rings. The van der Waals surface area contributed by atoms with Gasteiger partial charge in [-0.1, -0.05) is 35.5 Å². The molecule has 1 aliphatic rings. The smallest absolute Gasteiger partial charge is 0.281 e. The fourth-order valence-electron chi connectivity index (χ4n) is 2.92. The Morgan fingerprint density at radius 2 is 2.23 bits per heavy atom. The number of pyridine rings is 1. The quantitative estimate of drug-likeness (QED) is 0.721. The van der Waals surface area contributed by atoms with Crippen LogP contribution in [0.1, 0.15) is 10.4 Å². The van der Waals surface area contributed by atoms with Gasteiger partial charge in [0.1, 0.15) is 5.65 Å². The molecule has 8 heteroatoms. The summed E-state index contributed by atoms with van der Waals surface area (Å²) < 4.78 is 0. The van der Waals surface area contributed by atoms with E-state index in [1.807, 2.05) is 29.2 Å². The Morgan fingerprint density at radius 1 is 1.38 bits per heavy atom. The first-order valence-corrected chi connectivity index (χ1v) is 9.38. The number of benzene rings is 1. The standard InChI is InChI=1S/C18H15ClN4O2S/c19-14-5-1-2-6-15(14)23-11(9-24)10-26-18(23)22-17(25)13-8-21-16-12(13)4-3-7-20-16/h1-8,11,24H,9-10H2,(H,20,21)/b22-18-. The normalized spacial score (nSPS) is 18.8. The lowest BCUT2D eigenvalue weighted by Crippen LogP contribution is -2.37. The third-order valence-corrected chi connectivity index (χ3v) is 5.59. The van der Waals surface area contributed by atoms with Crippen LogP contribution in [0.3, 0.4) is 0 Å². The van der Waals surface area contributed by atoms with Crippen LogP contribution in [0.25, 0.3) is 11.0 Å². The molecule has 0 bridgehead atoms. The highest BCUT2D eigenvalue weighted by Crippen LogP contribution is 2.35. The van der Waals surface area contributed by atoms with Gasteiger partial charge in [0.15, 0.2) is 5.17 Å². The number of nitrogens with zero attached hydrogens (tertiary/aromatic N) is 3. The van der Waals surface area contributed by atoms with E-state index in [4.69, 9.17) is 11.6 Å². The number of fused-ring (bicyclic) bond motifs is 1. The summed E-state index contributed by atoms with van der Waals surface area (Å²) in [4.78, 5) is 26.1. The van der Waals surface area contributed by atoms with Crippen LogP contribution in [0, 0.1) is 0 Å². The predicted octanol–water partition coefficient (Wildman–Crippen LogP) is 3.33. The summed E-state index contributed by atoms with van der Waals surface area (Å²) in [6.07, 6.45) is 3.28. The van der Waals surface area contributed by atoms with Crippen LogP contribution in [0.4, 0.5) is 5.69 Å². The molecule has 0 spiro atoms. The summed E-state index contributed by atoms with van der Waals surface area (Å²) >= 11 is 7.75. The highest BCUT2D eigenvalue weighted by atomic mass is 35.5. The van der Waals surface area contributed by atoms with Crippen LogP contribution in [-0.4, -0.2) is 44.6 Å². The minimum atomic E-state index is -0.359. The number of anilines is 1. The lowest BCUT2D eigenvalue weighted by atomic mass is 10.2. The number of halogens is 1. The predicted molar refractivity (Wildman–Crippen MR) is 105 cm³/mol. The van der Waals surface area contributed by atoms with Gasteiger partial charge in [-0.2, -0.15) is 4.99 Å². The molecule has 0 saturated carbocycles. The lowest BCUT2D eigenvalue weighted by molar-refractivity contribution is 0.100. The van der Waals surface area contributed by atoms with Gasteiger partial charge < -0.3 is 15.0 Å². The van der Waals surface area contributed by atoms with Crippen molar-refractivity contribution in [3.05, 3.63) is 59.4 Å². The van der Waals surface area contributed by atoms with Crippen molar-refractivity contribution in [3.63, 3.8) is 0 Å². The van der Waals surface area contributed by atoms with E-state index in [1.165, 1.54) is 11.8 Å². The largest absolute Gasteiger partial charge is 0.394 e. The van der Waals surface area contributed by atoms with Crippen LogP contribution in [0.2, 0.25) is 5.02 Å². The lowest BCUT2D eigenvalue weighted by Gasteiger charge is -2.25. The van der Waals surface area contributed by atoms with E-state index in [1.54, 1.807) is 24.5 Å². The van der Waals surface area contributed by atoms with Gasteiger partial charge in [-0.25, -0.2) is 4.98 Å². The number of aromatic nitrogens is 2. The number of thioether (sulfide) groups is 1. The molecule has 1 saturated heterocycles. The number of amidine groups is 1. The van der Waals surface area contributed by atoms with Crippen LogP contribution >= 0.6 is 23.4 Å². The van der Waals surface area contributed by atoms with Gasteiger partial charge in [0, 0.05) is 23.5 Å². The number of rotatable bonds is 3. The zero-order valence-corrected chi connectivity index (χ0v) is 15.2. The van der Waals surface area contributed by atoms with Crippen LogP contribution in [-0.2, 0) is 0 Å². The topological polar surface area (TPSA) is 81.6 Å². The van der Waals surface area contributed by atoms with Crippen molar-refractivity contribution >= 4 is 51.2 Å². The fourth-order valence-corrected chi connectivity index (χ4v) is 4.27. The van der Waals surface area contributed by atoms with Crippen molar-refractivity contribution in [1.29, 1.82) is 0 Å². The molecule has 3 heterocycles. The Labute approximate surface area is 158 Å². The van der Waals surface area contributed by atoms with Gasteiger partial charge in [-0.3, -0.25) is 4.79 Å². The third kappa shape index (κ3) is 2.98. The minimum absolute atomic E-state index is 0.0531. The summed E-state index contributed by atoms with van der Waals surface area (Å²) in [5.41, 5.74) is 1.84. The molecular weight excluding hydrogens is 372 g/mol. The van der Waals surface area contributed by atoms with Crippen molar-refractivity contribution in [2.45, 2.75) is 6.04 Å². The third-order valence-electron chi connectivity index (χ3n) is 4.18. The van der Waals surface area contributed by atoms with E-state index in [-0.39, 0.29) is 18.6 Å². The van der Waals surface area contributed by atoms with E-state index in [2.05, 4.69) is 15.0 Å². The molecular formula is C18H15ClN4O2S. The Hall–Kier alpha value is -2.35. The second-order valence-corrected chi connectivity index (χ2v) is 7.16. The van der Waals surface area contributed by atoms with E-state index < -0.39 is 0 Å².